The Morgan fingerprint density at radius 1 is 1.42 bits per heavy atom. The Hall–Kier alpha value is -2.16. The Morgan fingerprint density at radius 2 is 2.26 bits per heavy atom. The largest absolute Gasteiger partial charge is 0.367 e. The van der Waals surface area contributed by atoms with Crippen LogP contribution in [0.25, 0.3) is 0 Å². The van der Waals surface area contributed by atoms with E-state index in [1.165, 1.54) is 25.3 Å². The minimum Gasteiger partial charge on any atom is -0.367 e. The molecule has 3 atom stereocenters. The quantitative estimate of drug-likeness (QED) is 0.664. The third-order valence-electron chi connectivity index (χ3n) is 4.25. The predicted molar refractivity (Wildman–Crippen MR) is 68.5 cm³/mol. The summed E-state index contributed by atoms with van der Waals surface area (Å²) in [5.74, 6) is 2.07. The monoisotopic (exact) mass is 258 g/mol. The van der Waals surface area contributed by atoms with Crippen LogP contribution in [0.4, 0.5) is 11.5 Å². The van der Waals surface area contributed by atoms with Gasteiger partial charge in [-0.3, -0.25) is 10.1 Å². The molecule has 0 radical (unpaired) electrons. The maximum absolute atomic E-state index is 10.7. The van der Waals surface area contributed by atoms with Gasteiger partial charge in [0.15, 0.2) is 0 Å². The minimum absolute atomic E-state index is 0.127. The van der Waals surface area contributed by atoms with E-state index in [2.05, 4.69) is 10.3 Å². The highest BCUT2D eigenvalue weighted by molar-refractivity contribution is 5.50. The van der Waals surface area contributed by atoms with Crippen LogP contribution in [0, 0.1) is 33.3 Å². The molecule has 3 rings (SSSR count). The Morgan fingerprint density at radius 3 is 2.84 bits per heavy atom. The first-order valence-electron chi connectivity index (χ1n) is 6.49. The van der Waals surface area contributed by atoms with Crippen molar-refractivity contribution in [2.45, 2.75) is 31.7 Å². The van der Waals surface area contributed by atoms with E-state index in [0.29, 0.717) is 17.8 Å². The van der Waals surface area contributed by atoms with Gasteiger partial charge in [-0.15, -0.1) is 0 Å². The number of nitrogens with one attached hydrogen (secondary N) is 1. The summed E-state index contributed by atoms with van der Waals surface area (Å²) in [5, 5.41) is 23.0. The van der Waals surface area contributed by atoms with E-state index in [4.69, 9.17) is 5.26 Å². The molecule has 1 aromatic heterocycles. The van der Waals surface area contributed by atoms with Gasteiger partial charge in [0.1, 0.15) is 11.9 Å². The summed E-state index contributed by atoms with van der Waals surface area (Å²) >= 11 is 0. The molecule has 2 saturated carbocycles. The van der Waals surface area contributed by atoms with Crippen molar-refractivity contribution < 1.29 is 4.92 Å². The molecule has 1 aromatic rings. The number of nitrogens with zero attached hydrogens (tertiary/aromatic N) is 3. The molecule has 6 nitrogen and oxygen atoms in total. The summed E-state index contributed by atoms with van der Waals surface area (Å²) in [7, 11) is 0. The van der Waals surface area contributed by atoms with Crippen molar-refractivity contribution in [2.24, 2.45) is 11.8 Å². The van der Waals surface area contributed by atoms with Crippen LogP contribution in [0.1, 0.15) is 31.4 Å². The van der Waals surface area contributed by atoms with E-state index in [0.717, 1.165) is 12.3 Å². The Balaban J connectivity index is 1.79. The fourth-order valence-electron chi connectivity index (χ4n) is 3.37. The molecular weight excluding hydrogens is 244 g/mol. The lowest BCUT2D eigenvalue weighted by molar-refractivity contribution is -0.385. The number of hydrogen-bond acceptors (Lipinski definition) is 5. The summed E-state index contributed by atoms with van der Waals surface area (Å²) in [4.78, 5) is 14.2. The Bertz CT molecular complexity index is 566. The number of nitro groups is 1. The molecule has 0 amide bonds. The molecule has 3 unspecified atom stereocenters. The van der Waals surface area contributed by atoms with Crippen molar-refractivity contribution in [2.75, 3.05) is 5.32 Å². The summed E-state index contributed by atoms with van der Waals surface area (Å²) < 4.78 is 0. The maximum atomic E-state index is 10.7. The first kappa shape index (κ1) is 11.9. The average Bonchev–Trinajstić information content (AvgIpc) is 3.00. The fraction of sp³-hybridized carbons (Fsp3) is 0.538. The smallest absolute Gasteiger partial charge is 0.305 e. The average molecular weight is 258 g/mol. The SMILES string of the molecule is N#Cc1nc(NC2CC3CCC2C3)ccc1[N+](=O)[O-]. The Labute approximate surface area is 110 Å². The summed E-state index contributed by atoms with van der Waals surface area (Å²) in [6.07, 6.45) is 4.99. The number of anilines is 1. The molecule has 1 heterocycles. The highest BCUT2D eigenvalue weighted by Gasteiger charge is 2.39. The van der Waals surface area contributed by atoms with Gasteiger partial charge >= 0.3 is 5.69 Å². The molecule has 98 valence electrons. The van der Waals surface area contributed by atoms with Gasteiger partial charge in [-0.1, -0.05) is 6.42 Å². The highest BCUT2D eigenvalue weighted by Crippen LogP contribution is 2.45. The zero-order valence-electron chi connectivity index (χ0n) is 10.4. The van der Waals surface area contributed by atoms with Gasteiger partial charge in [0.05, 0.1) is 4.92 Å². The van der Waals surface area contributed by atoms with Gasteiger partial charge in [-0.05, 0) is 37.2 Å². The van der Waals surface area contributed by atoms with E-state index in [1.807, 2.05) is 0 Å². The molecule has 1 N–H and O–H groups in total. The molecule has 2 aliphatic carbocycles. The van der Waals surface area contributed by atoms with E-state index < -0.39 is 4.92 Å². The molecule has 0 aromatic carbocycles. The molecule has 0 aliphatic heterocycles. The molecule has 2 bridgehead atoms. The second kappa shape index (κ2) is 4.50. The van der Waals surface area contributed by atoms with Gasteiger partial charge in [0, 0.05) is 12.1 Å². The van der Waals surface area contributed by atoms with Crippen molar-refractivity contribution in [1.82, 2.24) is 4.98 Å². The van der Waals surface area contributed by atoms with Gasteiger partial charge in [0.2, 0.25) is 5.69 Å². The van der Waals surface area contributed by atoms with E-state index >= 15 is 0 Å². The molecule has 19 heavy (non-hydrogen) atoms. The van der Waals surface area contributed by atoms with Crippen molar-refractivity contribution in [3.05, 3.63) is 27.9 Å². The summed E-state index contributed by atoms with van der Waals surface area (Å²) in [6.45, 7) is 0. The first-order chi connectivity index (χ1) is 9.17. The van der Waals surface area contributed by atoms with Crippen LogP contribution in [-0.2, 0) is 0 Å². The normalized spacial score (nSPS) is 28.1. The van der Waals surface area contributed by atoms with E-state index in [-0.39, 0.29) is 11.4 Å². The van der Waals surface area contributed by atoms with Crippen LogP contribution in [0.15, 0.2) is 12.1 Å². The third kappa shape index (κ3) is 2.12. The van der Waals surface area contributed by atoms with Crippen LogP contribution in [-0.4, -0.2) is 15.9 Å². The van der Waals surface area contributed by atoms with Crippen molar-refractivity contribution in [3.63, 3.8) is 0 Å². The van der Waals surface area contributed by atoms with Gasteiger partial charge in [-0.25, -0.2) is 4.98 Å². The number of rotatable bonds is 3. The third-order valence-corrected chi connectivity index (χ3v) is 4.25. The molecule has 0 saturated heterocycles. The molecule has 2 aliphatic rings. The lowest BCUT2D eigenvalue weighted by Gasteiger charge is -2.23. The predicted octanol–water partition coefficient (Wildman–Crippen LogP) is 2.46. The minimum atomic E-state index is -0.577. The summed E-state index contributed by atoms with van der Waals surface area (Å²) in [5.41, 5.74) is -0.362. The molecular formula is C13H14N4O2. The number of nitriles is 1. The van der Waals surface area contributed by atoms with Crippen LogP contribution < -0.4 is 5.32 Å². The van der Waals surface area contributed by atoms with Crippen molar-refractivity contribution >= 4 is 11.5 Å². The van der Waals surface area contributed by atoms with Crippen LogP contribution in [0.3, 0.4) is 0 Å². The molecule has 6 heteroatoms. The maximum Gasteiger partial charge on any atom is 0.305 e. The summed E-state index contributed by atoms with van der Waals surface area (Å²) in [6, 6.07) is 5.12. The van der Waals surface area contributed by atoms with E-state index in [1.54, 1.807) is 12.1 Å². The number of fused-ring (bicyclic) bond motifs is 2. The van der Waals surface area contributed by atoms with Crippen LogP contribution in [0.5, 0.6) is 0 Å². The van der Waals surface area contributed by atoms with E-state index in [9.17, 15) is 10.1 Å². The zero-order valence-corrected chi connectivity index (χ0v) is 10.4. The van der Waals surface area contributed by atoms with Crippen molar-refractivity contribution in [3.8, 4) is 6.07 Å². The molecule has 0 spiro atoms. The standard InChI is InChI=1S/C13H14N4O2/c14-7-11-12(17(18)19)3-4-13(16-11)15-10-6-8-1-2-9(10)5-8/h3-4,8-10H,1-2,5-6H2,(H,15,16). The lowest BCUT2D eigenvalue weighted by atomic mass is 9.95. The van der Waals surface area contributed by atoms with Gasteiger partial charge < -0.3 is 5.32 Å². The number of pyridine rings is 1. The zero-order chi connectivity index (χ0) is 13.4. The molecule has 2 fully saturated rings. The Kier molecular flexibility index (Phi) is 2.82. The fourth-order valence-corrected chi connectivity index (χ4v) is 3.37. The van der Waals surface area contributed by atoms with Crippen molar-refractivity contribution in [1.29, 1.82) is 5.26 Å². The lowest BCUT2D eigenvalue weighted by Crippen LogP contribution is -2.26. The van der Waals surface area contributed by atoms with Gasteiger partial charge in [0.25, 0.3) is 0 Å². The number of aromatic nitrogens is 1. The second-order valence-corrected chi connectivity index (χ2v) is 5.36. The second-order valence-electron chi connectivity index (χ2n) is 5.36. The van der Waals surface area contributed by atoms with Crippen LogP contribution in [0.2, 0.25) is 0 Å². The van der Waals surface area contributed by atoms with Gasteiger partial charge in [-0.2, -0.15) is 5.26 Å². The number of hydrogen-bond donors (Lipinski definition) is 1. The topological polar surface area (TPSA) is 91.8 Å². The highest BCUT2D eigenvalue weighted by atomic mass is 16.6. The van der Waals surface area contributed by atoms with Crippen LogP contribution >= 0.6 is 0 Å². The first-order valence-corrected chi connectivity index (χ1v) is 6.49.